The molecule has 1 heterocycles. The SMILES string of the molecule is NC(N)=NOCCCOc1ccc2c(c1)CN(S(=O)(=O)c1ccc3ccccc3c1)[C@H](C(=O)O)C2. The first-order chi connectivity index (χ1) is 16.8. The fourth-order valence-corrected chi connectivity index (χ4v) is 5.58. The van der Waals surface area contributed by atoms with Crippen LogP contribution in [0.2, 0.25) is 0 Å². The van der Waals surface area contributed by atoms with Crippen LogP contribution in [0.3, 0.4) is 0 Å². The lowest BCUT2D eigenvalue weighted by Crippen LogP contribution is -2.48. The highest BCUT2D eigenvalue weighted by Gasteiger charge is 2.39. The third kappa shape index (κ3) is 5.47. The van der Waals surface area contributed by atoms with Crippen LogP contribution in [0.4, 0.5) is 0 Å². The van der Waals surface area contributed by atoms with Gasteiger partial charge in [0.25, 0.3) is 0 Å². The Kier molecular flexibility index (Phi) is 7.08. The van der Waals surface area contributed by atoms with Gasteiger partial charge in [0.05, 0.1) is 11.5 Å². The van der Waals surface area contributed by atoms with Crippen LogP contribution >= 0.6 is 0 Å². The normalized spacial score (nSPS) is 15.8. The number of guanidine groups is 1. The second-order valence-corrected chi connectivity index (χ2v) is 9.99. The third-order valence-electron chi connectivity index (χ3n) is 5.70. The molecule has 3 aromatic rings. The summed E-state index contributed by atoms with van der Waals surface area (Å²) in [4.78, 5) is 17.0. The monoisotopic (exact) mass is 498 g/mol. The number of nitrogens with zero attached hydrogens (tertiary/aromatic N) is 2. The maximum Gasteiger partial charge on any atom is 0.322 e. The van der Waals surface area contributed by atoms with Crippen molar-refractivity contribution < 1.29 is 27.9 Å². The fraction of sp³-hybridized carbons (Fsp3) is 0.250. The summed E-state index contributed by atoms with van der Waals surface area (Å²) in [5.74, 6) is -0.813. The van der Waals surface area contributed by atoms with E-state index in [4.69, 9.17) is 21.0 Å². The fourth-order valence-electron chi connectivity index (χ4n) is 3.99. The minimum Gasteiger partial charge on any atom is -0.493 e. The van der Waals surface area contributed by atoms with E-state index in [0.717, 1.165) is 20.6 Å². The van der Waals surface area contributed by atoms with E-state index in [0.29, 0.717) is 24.3 Å². The molecule has 0 saturated heterocycles. The summed E-state index contributed by atoms with van der Waals surface area (Å²) >= 11 is 0. The Labute approximate surface area is 202 Å². The van der Waals surface area contributed by atoms with Gasteiger partial charge in [-0.05, 0) is 51.3 Å². The molecule has 35 heavy (non-hydrogen) atoms. The molecule has 0 aliphatic carbocycles. The Morgan fingerprint density at radius 2 is 1.80 bits per heavy atom. The van der Waals surface area contributed by atoms with Crippen LogP contribution in [-0.2, 0) is 32.6 Å². The first-order valence-electron chi connectivity index (χ1n) is 10.9. The molecule has 184 valence electrons. The van der Waals surface area contributed by atoms with E-state index < -0.39 is 22.0 Å². The number of fused-ring (bicyclic) bond motifs is 2. The first-order valence-corrected chi connectivity index (χ1v) is 12.4. The topological polar surface area (TPSA) is 158 Å². The maximum atomic E-state index is 13.5. The summed E-state index contributed by atoms with van der Waals surface area (Å²) in [5.41, 5.74) is 11.8. The van der Waals surface area contributed by atoms with Gasteiger partial charge in [-0.2, -0.15) is 4.31 Å². The summed E-state index contributed by atoms with van der Waals surface area (Å²) in [7, 11) is -4.08. The minimum atomic E-state index is -4.08. The number of aliphatic carboxylic acids is 1. The van der Waals surface area contributed by atoms with E-state index in [1.807, 2.05) is 24.3 Å². The molecule has 5 N–H and O–H groups in total. The van der Waals surface area contributed by atoms with E-state index >= 15 is 0 Å². The predicted octanol–water partition coefficient (Wildman–Crippen LogP) is 2.01. The molecule has 0 aromatic heterocycles. The molecule has 0 unspecified atom stereocenters. The molecule has 0 bridgehead atoms. The molecule has 0 amide bonds. The lowest BCUT2D eigenvalue weighted by atomic mass is 9.95. The zero-order valence-electron chi connectivity index (χ0n) is 18.8. The Hall–Kier alpha value is -3.83. The van der Waals surface area contributed by atoms with Crippen molar-refractivity contribution in [2.45, 2.75) is 30.3 Å². The molecule has 1 aliphatic rings. The highest BCUT2D eigenvalue weighted by molar-refractivity contribution is 7.89. The Morgan fingerprint density at radius 3 is 2.54 bits per heavy atom. The van der Waals surface area contributed by atoms with Gasteiger partial charge in [-0.25, -0.2) is 8.42 Å². The molecule has 4 rings (SSSR count). The number of ether oxygens (including phenoxy) is 1. The molecule has 0 radical (unpaired) electrons. The van der Waals surface area contributed by atoms with Crippen molar-refractivity contribution in [2.24, 2.45) is 16.6 Å². The van der Waals surface area contributed by atoms with Gasteiger partial charge in [-0.1, -0.05) is 36.4 Å². The minimum absolute atomic E-state index is 0.0547. The highest BCUT2D eigenvalue weighted by atomic mass is 32.2. The zero-order valence-corrected chi connectivity index (χ0v) is 19.6. The number of carboxylic acids is 1. The van der Waals surface area contributed by atoms with Gasteiger partial charge >= 0.3 is 5.97 Å². The smallest absolute Gasteiger partial charge is 0.322 e. The second-order valence-electron chi connectivity index (χ2n) is 8.10. The summed E-state index contributed by atoms with van der Waals surface area (Å²) in [6, 6.07) is 16.2. The van der Waals surface area contributed by atoms with Crippen LogP contribution in [0.15, 0.2) is 70.7 Å². The van der Waals surface area contributed by atoms with Crippen molar-refractivity contribution >= 4 is 32.7 Å². The van der Waals surface area contributed by atoms with E-state index in [2.05, 4.69) is 5.16 Å². The molecule has 1 aliphatic heterocycles. The highest BCUT2D eigenvalue weighted by Crippen LogP contribution is 2.32. The van der Waals surface area contributed by atoms with Crippen LogP contribution in [0.5, 0.6) is 5.75 Å². The molecular formula is C24H26N4O6S. The van der Waals surface area contributed by atoms with Crippen molar-refractivity contribution in [2.75, 3.05) is 13.2 Å². The van der Waals surface area contributed by atoms with Gasteiger partial charge in [-0.15, -0.1) is 0 Å². The number of carbonyl (C=O) groups is 1. The van der Waals surface area contributed by atoms with Crippen molar-refractivity contribution in [3.05, 3.63) is 71.8 Å². The number of carboxylic acid groups (broad SMARTS) is 1. The van der Waals surface area contributed by atoms with Gasteiger partial charge in [0.1, 0.15) is 18.4 Å². The van der Waals surface area contributed by atoms with Crippen LogP contribution in [0.1, 0.15) is 17.5 Å². The number of benzene rings is 3. The summed E-state index contributed by atoms with van der Waals surface area (Å²) in [5, 5.41) is 14.9. The van der Waals surface area contributed by atoms with Crippen molar-refractivity contribution in [3.8, 4) is 5.75 Å². The molecular weight excluding hydrogens is 472 g/mol. The van der Waals surface area contributed by atoms with Crippen molar-refractivity contribution in [1.82, 2.24) is 4.31 Å². The number of sulfonamides is 1. The van der Waals surface area contributed by atoms with E-state index in [-0.39, 0.29) is 30.4 Å². The van der Waals surface area contributed by atoms with E-state index in [9.17, 15) is 18.3 Å². The standard InChI is InChI=1S/C24H26N4O6S/c25-24(26)27-34-11-3-10-33-20-8-6-18-14-22(23(29)30)28(15-19(18)12-20)35(31,32)21-9-7-16-4-1-2-5-17(16)13-21/h1-2,4-9,12-13,22H,3,10-11,14-15H2,(H,29,30)(H4,25,26,27)/t22-/m0/s1. The van der Waals surface area contributed by atoms with E-state index in [1.54, 1.807) is 30.3 Å². The summed E-state index contributed by atoms with van der Waals surface area (Å²) < 4.78 is 33.9. The molecule has 1 atom stereocenters. The summed E-state index contributed by atoms with van der Waals surface area (Å²) in [6.07, 6.45) is 0.585. The molecule has 3 aromatic carbocycles. The van der Waals surface area contributed by atoms with Gasteiger partial charge in [0.15, 0.2) is 0 Å². The molecule has 0 spiro atoms. The Bertz CT molecular complexity index is 1370. The second kappa shape index (κ2) is 10.2. The Balaban J connectivity index is 1.54. The molecule has 11 heteroatoms. The lowest BCUT2D eigenvalue weighted by Gasteiger charge is -2.33. The summed E-state index contributed by atoms with van der Waals surface area (Å²) in [6.45, 7) is 0.517. The number of hydrogen-bond donors (Lipinski definition) is 3. The molecule has 0 fully saturated rings. The average Bonchev–Trinajstić information content (AvgIpc) is 2.84. The third-order valence-corrected chi connectivity index (χ3v) is 7.55. The molecule has 10 nitrogen and oxygen atoms in total. The van der Waals surface area contributed by atoms with E-state index in [1.165, 1.54) is 6.07 Å². The van der Waals surface area contributed by atoms with Gasteiger partial charge in [0.2, 0.25) is 16.0 Å². The number of nitrogens with two attached hydrogens (primary N) is 2. The first kappa shape index (κ1) is 24.3. The van der Waals surface area contributed by atoms with Crippen LogP contribution in [0.25, 0.3) is 10.8 Å². The maximum absolute atomic E-state index is 13.5. The van der Waals surface area contributed by atoms with Crippen LogP contribution in [0, 0.1) is 0 Å². The van der Waals surface area contributed by atoms with Crippen molar-refractivity contribution in [1.29, 1.82) is 0 Å². The Morgan fingerprint density at radius 1 is 1.03 bits per heavy atom. The number of rotatable bonds is 9. The van der Waals surface area contributed by atoms with Gasteiger partial charge in [0, 0.05) is 19.4 Å². The van der Waals surface area contributed by atoms with Crippen LogP contribution in [-0.4, -0.2) is 49.0 Å². The number of oxime groups is 1. The molecule has 0 saturated carbocycles. The zero-order chi connectivity index (χ0) is 25.0. The van der Waals surface area contributed by atoms with Crippen LogP contribution < -0.4 is 16.2 Å². The average molecular weight is 499 g/mol. The lowest BCUT2D eigenvalue weighted by molar-refractivity contribution is -0.141. The quantitative estimate of drug-likeness (QED) is 0.175. The number of hydrogen-bond acceptors (Lipinski definition) is 6. The van der Waals surface area contributed by atoms with Crippen molar-refractivity contribution in [3.63, 3.8) is 0 Å². The largest absolute Gasteiger partial charge is 0.493 e. The predicted molar refractivity (Wildman–Crippen MR) is 130 cm³/mol. The van der Waals surface area contributed by atoms with Gasteiger partial charge < -0.3 is 26.1 Å². The van der Waals surface area contributed by atoms with Gasteiger partial charge in [-0.3, -0.25) is 4.79 Å².